The molecule has 0 saturated carbocycles. The Kier molecular flexibility index (Phi) is 4.97. The van der Waals surface area contributed by atoms with Gasteiger partial charge in [0.2, 0.25) is 0 Å². The molecule has 1 aliphatic rings. The van der Waals surface area contributed by atoms with Gasteiger partial charge in [-0.2, -0.15) is 0 Å². The fraction of sp³-hybridized carbons (Fsp3) is 0.263. The summed E-state index contributed by atoms with van der Waals surface area (Å²) < 4.78 is 13.4. The predicted octanol–water partition coefficient (Wildman–Crippen LogP) is 3.21. The number of carbonyl (C=O) groups is 2. The highest BCUT2D eigenvalue weighted by molar-refractivity contribution is 5.96. The maximum atomic E-state index is 13.4. The molecule has 1 aliphatic heterocycles. The lowest BCUT2D eigenvalue weighted by Gasteiger charge is -2.18. The number of rotatable bonds is 3. The van der Waals surface area contributed by atoms with Gasteiger partial charge in [0.1, 0.15) is 5.82 Å². The molecule has 6 heteroatoms. The van der Waals surface area contributed by atoms with Gasteiger partial charge in [0.05, 0.1) is 0 Å². The van der Waals surface area contributed by atoms with Gasteiger partial charge < -0.3 is 15.5 Å². The van der Waals surface area contributed by atoms with Gasteiger partial charge in [-0.1, -0.05) is 18.2 Å². The first-order valence-electron chi connectivity index (χ1n) is 8.20. The molecular weight excluding hydrogens is 321 g/mol. The molecule has 5 nitrogen and oxygen atoms in total. The second kappa shape index (κ2) is 7.34. The number of nitrogens with one attached hydrogen (secondary N) is 2. The number of nitrogens with zero attached hydrogens (tertiary/aromatic N) is 1. The molecule has 2 N–H and O–H groups in total. The quantitative estimate of drug-likeness (QED) is 0.900. The fourth-order valence-electron chi connectivity index (χ4n) is 3.06. The number of carbonyl (C=O) groups excluding carboxylic acids is 2. The Morgan fingerprint density at radius 2 is 1.96 bits per heavy atom. The summed E-state index contributed by atoms with van der Waals surface area (Å²) >= 11 is 0. The molecule has 3 amide bonds. The molecule has 1 saturated heterocycles. The van der Waals surface area contributed by atoms with Crippen LogP contribution in [0.3, 0.4) is 0 Å². The average Bonchev–Trinajstić information content (AvgIpc) is 3.11. The van der Waals surface area contributed by atoms with Gasteiger partial charge in [-0.25, -0.2) is 9.18 Å². The van der Waals surface area contributed by atoms with Gasteiger partial charge in [-0.15, -0.1) is 0 Å². The van der Waals surface area contributed by atoms with Gasteiger partial charge in [-0.05, 0) is 42.3 Å². The molecule has 0 spiro atoms. The summed E-state index contributed by atoms with van der Waals surface area (Å²) in [7, 11) is 1.56. The summed E-state index contributed by atoms with van der Waals surface area (Å²) in [5, 5.41) is 5.37. The van der Waals surface area contributed by atoms with Crippen molar-refractivity contribution >= 4 is 17.6 Å². The van der Waals surface area contributed by atoms with Crippen molar-refractivity contribution in [2.45, 2.75) is 12.3 Å². The Labute approximate surface area is 145 Å². The molecular formula is C19H20FN3O2. The monoisotopic (exact) mass is 341 g/mol. The second-order valence-corrected chi connectivity index (χ2v) is 6.08. The molecule has 1 heterocycles. The molecule has 130 valence electrons. The van der Waals surface area contributed by atoms with Crippen molar-refractivity contribution in [2.24, 2.45) is 0 Å². The largest absolute Gasteiger partial charge is 0.355 e. The molecule has 0 radical (unpaired) electrons. The van der Waals surface area contributed by atoms with Crippen LogP contribution in [-0.4, -0.2) is 37.0 Å². The third kappa shape index (κ3) is 3.96. The standard InChI is InChI=1S/C19H20FN3O2/c1-21-18(24)14-5-3-7-17(11-14)22-19(25)23-9-8-15(12-23)13-4-2-6-16(20)10-13/h2-7,10-11,15H,8-9,12H2,1H3,(H,21,24)(H,22,25). The van der Waals surface area contributed by atoms with Crippen LogP contribution < -0.4 is 10.6 Å². The first kappa shape index (κ1) is 17.0. The molecule has 2 aromatic carbocycles. The first-order chi connectivity index (χ1) is 12.1. The van der Waals surface area contributed by atoms with E-state index in [0.29, 0.717) is 24.3 Å². The minimum Gasteiger partial charge on any atom is -0.355 e. The van der Waals surface area contributed by atoms with Crippen molar-refractivity contribution in [3.63, 3.8) is 0 Å². The number of hydrogen-bond donors (Lipinski definition) is 2. The molecule has 2 aromatic rings. The van der Waals surface area contributed by atoms with E-state index >= 15 is 0 Å². The van der Waals surface area contributed by atoms with Crippen LogP contribution in [0.1, 0.15) is 28.3 Å². The Balaban J connectivity index is 1.64. The van der Waals surface area contributed by atoms with E-state index in [0.717, 1.165) is 12.0 Å². The van der Waals surface area contributed by atoms with Crippen molar-refractivity contribution in [1.29, 1.82) is 0 Å². The van der Waals surface area contributed by atoms with E-state index in [2.05, 4.69) is 10.6 Å². The molecule has 3 rings (SSSR count). The summed E-state index contributed by atoms with van der Waals surface area (Å²) in [6.45, 7) is 1.16. The van der Waals surface area contributed by atoms with Crippen LogP contribution in [-0.2, 0) is 0 Å². The lowest BCUT2D eigenvalue weighted by molar-refractivity contribution is 0.0963. The van der Waals surface area contributed by atoms with Crippen LogP contribution in [0.2, 0.25) is 0 Å². The van der Waals surface area contributed by atoms with E-state index in [1.165, 1.54) is 12.1 Å². The Hall–Kier alpha value is -2.89. The zero-order chi connectivity index (χ0) is 17.8. The number of amides is 3. The molecule has 25 heavy (non-hydrogen) atoms. The Morgan fingerprint density at radius 1 is 1.16 bits per heavy atom. The highest BCUT2D eigenvalue weighted by Gasteiger charge is 2.27. The van der Waals surface area contributed by atoms with E-state index in [1.54, 1.807) is 42.3 Å². The summed E-state index contributed by atoms with van der Waals surface area (Å²) in [5.74, 6) is -0.325. The number of hydrogen-bond acceptors (Lipinski definition) is 2. The van der Waals surface area contributed by atoms with E-state index < -0.39 is 0 Å². The zero-order valence-corrected chi connectivity index (χ0v) is 14.0. The van der Waals surface area contributed by atoms with Gasteiger partial charge in [0.15, 0.2) is 0 Å². The maximum absolute atomic E-state index is 13.4. The lowest BCUT2D eigenvalue weighted by Crippen LogP contribution is -2.32. The molecule has 1 unspecified atom stereocenters. The van der Waals surface area contributed by atoms with Gasteiger partial charge >= 0.3 is 6.03 Å². The Morgan fingerprint density at radius 3 is 2.72 bits per heavy atom. The van der Waals surface area contributed by atoms with Gasteiger partial charge in [-0.3, -0.25) is 4.79 Å². The normalized spacial score (nSPS) is 16.6. The van der Waals surface area contributed by atoms with E-state index in [9.17, 15) is 14.0 Å². The number of halogens is 1. The van der Waals surface area contributed by atoms with Crippen molar-refractivity contribution in [1.82, 2.24) is 10.2 Å². The summed E-state index contributed by atoms with van der Waals surface area (Å²) in [6, 6.07) is 13.1. The van der Waals surface area contributed by atoms with Crippen LogP contribution >= 0.6 is 0 Å². The highest BCUT2D eigenvalue weighted by atomic mass is 19.1. The van der Waals surface area contributed by atoms with Crippen molar-refractivity contribution in [2.75, 3.05) is 25.5 Å². The second-order valence-electron chi connectivity index (χ2n) is 6.08. The maximum Gasteiger partial charge on any atom is 0.321 e. The zero-order valence-electron chi connectivity index (χ0n) is 14.0. The minimum atomic E-state index is -0.258. The molecule has 0 aliphatic carbocycles. The highest BCUT2D eigenvalue weighted by Crippen LogP contribution is 2.28. The molecule has 0 bridgehead atoms. The van der Waals surface area contributed by atoms with E-state index in [4.69, 9.17) is 0 Å². The van der Waals surface area contributed by atoms with Crippen LogP contribution in [0.15, 0.2) is 48.5 Å². The predicted molar refractivity (Wildman–Crippen MR) is 94.2 cm³/mol. The molecule has 1 atom stereocenters. The molecule has 1 fully saturated rings. The average molecular weight is 341 g/mol. The van der Waals surface area contributed by atoms with Crippen LogP contribution in [0.25, 0.3) is 0 Å². The lowest BCUT2D eigenvalue weighted by atomic mass is 9.98. The summed E-state index contributed by atoms with van der Waals surface area (Å²) in [4.78, 5) is 25.8. The summed E-state index contributed by atoms with van der Waals surface area (Å²) in [6.07, 6.45) is 0.801. The number of likely N-dealkylation sites (tertiary alicyclic amines) is 1. The van der Waals surface area contributed by atoms with Gasteiger partial charge in [0, 0.05) is 37.3 Å². The van der Waals surface area contributed by atoms with E-state index in [1.807, 2.05) is 6.07 Å². The Bertz CT molecular complexity index is 794. The third-order valence-electron chi connectivity index (χ3n) is 4.40. The fourth-order valence-corrected chi connectivity index (χ4v) is 3.06. The third-order valence-corrected chi connectivity index (χ3v) is 4.40. The topological polar surface area (TPSA) is 61.4 Å². The van der Waals surface area contributed by atoms with Crippen molar-refractivity contribution in [3.8, 4) is 0 Å². The first-order valence-corrected chi connectivity index (χ1v) is 8.20. The van der Waals surface area contributed by atoms with Crippen LogP contribution in [0.4, 0.5) is 14.9 Å². The smallest absolute Gasteiger partial charge is 0.321 e. The minimum absolute atomic E-state index is 0.138. The SMILES string of the molecule is CNC(=O)c1cccc(NC(=O)N2CCC(c3cccc(F)c3)C2)c1. The van der Waals surface area contributed by atoms with Crippen molar-refractivity contribution < 1.29 is 14.0 Å². The summed E-state index contributed by atoms with van der Waals surface area (Å²) in [5.41, 5.74) is 1.97. The number of benzene rings is 2. The van der Waals surface area contributed by atoms with Gasteiger partial charge in [0.25, 0.3) is 5.91 Å². The number of anilines is 1. The molecule has 0 aromatic heterocycles. The van der Waals surface area contributed by atoms with Crippen LogP contribution in [0.5, 0.6) is 0 Å². The number of urea groups is 1. The van der Waals surface area contributed by atoms with Crippen molar-refractivity contribution in [3.05, 3.63) is 65.5 Å². The van der Waals surface area contributed by atoms with E-state index in [-0.39, 0.29) is 23.7 Å². The van der Waals surface area contributed by atoms with Crippen LogP contribution in [0, 0.1) is 5.82 Å².